The van der Waals surface area contributed by atoms with Crippen molar-refractivity contribution in [1.82, 2.24) is 14.9 Å². The fraction of sp³-hybridized carbons (Fsp3) is 0.263. The topological polar surface area (TPSA) is 65.4 Å². The second-order valence-corrected chi connectivity index (χ2v) is 5.92. The zero-order valence-electron chi connectivity index (χ0n) is 14.0. The van der Waals surface area contributed by atoms with Crippen LogP contribution in [-0.4, -0.2) is 22.3 Å². The summed E-state index contributed by atoms with van der Waals surface area (Å²) in [5.41, 5.74) is 2.88. The van der Waals surface area contributed by atoms with E-state index in [2.05, 4.69) is 10.3 Å². The van der Waals surface area contributed by atoms with Crippen LogP contribution in [0.4, 0.5) is 0 Å². The predicted octanol–water partition coefficient (Wildman–Crippen LogP) is 2.64. The number of aromatic nitrogens is 2. The van der Waals surface area contributed by atoms with E-state index in [-0.39, 0.29) is 19.2 Å². The summed E-state index contributed by atoms with van der Waals surface area (Å²) in [7, 11) is 0. The number of hydrogen-bond donors (Lipinski definition) is 1. The van der Waals surface area contributed by atoms with Crippen molar-refractivity contribution in [3.8, 4) is 11.5 Å². The van der Waals surface area contributed by atoms with Gasteiger partial charge in [-0.15, -0.1) is 0 Å². The first kappa shape index (κ1) is 15.5. The largest absolute Gasteiger partial charge is 0.454 e. The molecule has 0 radical (unpaired) electrons. The van der Waals surface area contributed by atoms with Gasteiger partial charge in [-0.2, -0.15) is 0 Å². The van der Waals surface area contributed by atoms with Crippen molar-refractivity contribution in [2.75, 3.05) is 6.79 Å². The van der Waals surface area contributed by atoms with Gasteiger partial charge >= 0.3 is 0 Å². The van der Waals surface area contributed by atoms with Crippen LogP contribution in [-0.2, 0) is 24.3 Å². The van der Waals surface area contributed by atoms with Crippen LogP contribution >= 0.6 is 0 Å². The third-order valence-electron chi connectivity index (χ3n) is 4.28. The van der Waals surface area contributed by atoms with E-state index in [0.29, 0.717) is 6.54 Å². The van der Waals surface area contributed by atoms with Gasteiger partial charge in [-0.1, -0.05) is 25.1 Å². The molecule has 2 heterocycles. The summed E-state index contributed by atoms with van der Waals surface area (Å²) in [4.78, 5) is 17.0. The highest BCUT2D eigenvalue weighted by molar-refractivity contribution is 5.81. The third kappa shape index (κ3) is 3.03. The molecular weight excluding hydrogens is 318 g/mol. The summed E-state index contributed by atoms with van der Waals surface area (Å²) in [5, 5.41) is 2.96. The molecule has 0 saturated carbocycles. The molecule has 0 fully saturated rings. The number of aryl methyl sites for hydroxylation is 1. The number of nitrogens with one attached hydrogen (secondary N) is 1. The van der Waals surface area contributed by atoms with Crippen LogP contribution < -0.4 is 14.8 Å². The zero-order valence-corrected chi connectivity index (χ0v) is 14.0. The molecule has 128 valence electrons. The van der Waals surface area contributed by atoms with Crippen LogP contribution in [0.5, 0.6) is 11.5 Å². The smallest absolute Gasteiger partial charge is 0.240 e. The van der Waals surface area contributed by atoms with Crippen molar-refractivity contribution >= 4 is 16.9 Å². The lowest BCUT2D eigenvalue weighted by Crippen LogP contribution is -2.27. The lowest BCUT2D eigenvalue weighted by molar-refractivity contribution is -0.121. The number of hydrogen-bond acceptors (Lipinski definition) is 4. The monoisotopic (exact) mass is 337 g/mol. The standard InChI is InChI=1S/C19H19N3O3/c1-2-18-21-14-5-3-4-6-15(14)22(18)11-19(23)20-10-13-7-8-16-17(9-13)25-12-24-16/h3-9H,2,10-12H2,1H3,(H,20,23). The molecule has 25 heavy (non-hydrogen) atoms. The van der Waals surface area contributed by atoms with Crippen LogP contribution in [0.1, 0.15) is 18.3 Å². The lowest BCUT2D eigenvalue weighted by atomic mass is 10.2. The minimum Gasteiger partial charge on any atom is -0.454 e. The van der Waals surface area contributed by atoms with Gasteiger partial charge in [-0.05, 0) is 29.8 Å². The predicted molar refractivity (Wildman–Crippen MR) is 93.5 cm³/mol. The van der Waals surface area contributed by atoms with Gasteiger partial charge in [0.05, 0.1) is 11.0 Å². The van der Waals surface area contributed by atoms with E-state index in [9.17, 15) is 4.79 Å². The second-order valence-electron chi connectivity index (χ2n) is 5.92. The van der Waals surface area contributed by atoms with Crippen molar-refractivity contribution in [2.24, 2.45) is 0 Å². The average Bonchev–Trinajstić information content (AvgIpc) is 3.24. The number of rotatable bonds is 5. The number of carbonyl (C=O) groups excluding carboxylic acids is 1. The summed E-state index contributed by atoms with van der Waals surface area (Å²) in [6.07, 6.45) is 0.782. The Morgan fingerprint density at radius 2 is 2.04 bits per heavy atom. The number of ether oxygens (including phenoxy) is 2. The van der Waals surface area contributed by atoms with Crippen LogP contribution in [0.15, 0.2) is 42.5 Å². The molecule has 1 aliphatic rings. The van der Waals surface area contributed by atoms with Gasteiger partial charge in [0.2, 0.25) is 12.7 Å². The van der Waals surface area contributed by atoms with Gasteiger partial charge < -0.3 is 19.4 Å². The molecule has 4 rings (SSSR count). The van der Waals surface area contributed by atoms with Crippen molar-refractivity contribution in [2.45, 2.75) is 26.4 Å². The van der Waals surface area contributed by atoms with Gasteiger partial charge in [-0.25, -0.2) is 4.98 Å². The second kappa shape index (κ2) is 6.47. The van der Waals surface area contributed by atoms with Crippen LogP contribution in [0.25, 0.3) is 11.0 Å². The Morgan fingerprint density at radius 3 is 2.92 bits per heavy atom. The molecule has 1 aliphatic heterocycles. The molecule has 1 amide bonds. The maximum absolute atomic E-state index is 12.4. The van der Waals surface area contributed by atoms with E-state index in [4.69, 9.17) is 9.47 Å². The molecule has 1 N–H and O–H groups in total. The van der Waals surface area contributed by atoms with Gasteiger partial charge in [0, 0.05) is 13.0 Å². The fourth-order valence-corrected chi connectivity index (χ4v) is 3.02. The minimum absolute atomic E-state index is 0.0458. The highest BCUT2D eigenvalue weighted by Gasteiger charge is 2.15. The Labute approximate surface area is 145 Å². The summed E-state index contributed by atoms with van der Waals surface area (Å²) in [5.74, 6) is 2.34. The van der Waals surface area contributed by atoms with Gasteiger partial charge in [0.15, 0.2) is 11.5 Å². The SMILES string of the molecule is CCc1nc2ccccc2n1CC(=O)NCc1ccc2c(c1)OCO2. The Hall–Kier alpha value is -3.02. The van der Waals surface area contributed by atoms with E-state index >= 15 is 0 Å². The maximum atomic E-state index is 12.4. The molecule has 6 nitrogen and oxygen atoms in total. The van der Waals surface area contributed by atoms with Crippen molar-refractivity contribution in [1.29, 1.82) is 0 Å². The first-order valence-electron chi connectivity index (χ1n) is 8.34. The Balaban J connectivity index is 1.46. The van der Waals surface area contributed by atoms with Gasteiger partial charge in [0.1, 0.15) is 12.4 Å². The quantitative estimate of drug-likeness (QED) is 0.777. The summed E-state index contributed by atoms with van der Waals surface area (Å²) in [6, 6.07) is 13.6. The number of nitrogens with zero attached hydrogens (tertiary/aromatic N) is 2. The Kier molecular flexibility index (Phi) is 4.01. The molecule has 0 unspecified atom stereocenters. The molecule has 0 saturated heterocycles. The summed E-state index contributed by atoms with van der Waals surface area (Å²) in [6.45, 7) is 3.00. The number of amides is 1. The third-order valence-corrected chi connectivity index (χ3v) is 4.28. The molecule has 0 atom stereocenters. The van der Waals surface area contributed by atoms with Crippen molar-refractivity contribution in [3.05, 3.63) is 53.9 Å². The molecule has 0 aliphatic carbocycles. The molecule has 2 aromatic carbocycles. The number of benzene rings is 2. The normalized spacial score (nSPS) is 12.5. The van der Waals surface area contributed by atoms with E-state index in [1.54, 1.807) is 0 Å². The number of fused-ring (bicyclic) bond motifs is 2. The summed E-state index contributed by atoms with van der Waals surface area (Å²) < 4.78 is 12.6. The molecule has 1 aromatic heterocycles. The number of para-hydroxylation sites is 2. The fourth-order valence-electron chi connectivity index (χ4n) is 3.02. The van der Waals surface area contributed by atoms with Crippen LogP contribution in [0.3, 0.4) is 0 Å². The number of imidazole rings is 1. The highest BCUT2D eigenvalue weighted by atomic mass is 16.7. The average molecular weight is 337 g/mol. The van der Waals surface area contributed by atoms with Crippen LogP contribution in [0, 0.1) is 0 Å². The highest BCUT2D eigenvalue weighted by Crippen LogP contribution is 2.32. The molecule has 0 bridgehead atoms. The first-order chi connectivity index (χ1) is 12.2. The van der Waals surface area contributed by atoms with Crippen LogP contribution in [0.2, 0.25) is 0 Å². The van der Waals surface area contributed by atoms with E-state index < -0.39 is 0 Å². The molecule has 3 aromatic rings. The van der Waals surface area contributed by atoms with Crippen molar-refractivity contribution in [3.63, 3.8) is 0 Å². The molecule has 6 heteroatoms. The van der Waals surface area contributed by atoms with Gasteiger partial charge in [-0.3, -0.25) is 4.79 Å². The van der Waals surface area contributed by atoms with E-state index in [1.165, 1.54) is 0 Å². The summed E-state index contributed by atoms with van der Waals surface area (Å²) >= 11 is 0. The Morgan fingerprint density at radius 1 is 1.20 bits per heavy atom. The molecule has 0 spiro atoms. The lowest BCUT2D eigenvalue weighted by Gasteiger charge is -2.10. The van der Waals surface area contributed by atoms with E-state index in [0.717, 1.165) is 40.3 Å². The Bertz CT molecular complexity index is 933. The maximum Gasteiger partial charge on any atom is 0.240 e. The zero-order chi connectivity index (χ0) is 17.2. The van der Waals surface area contributed by atoms with Crippen molar-refractivity contribution < 1.29 is 14.3 Å². The molecular formula is C19H19N3O3. The minimum atomic E-state index is -0.0458. The first-order valence-corrected chi connectivity index (χ1v) is 8.34. The van der Waals surface area contributed by atoms with E-state index in [1.807, 2.05) is 54.0 Å². The number of carbonyl (C=O) groups is 1. The van der Waals surface area contributed by atoms with Gasteiger partial charge in [0.25, 0.3) is 0 Å².